The largest absolute Gasteiger partial charge is 0.378 e. The van der Waals surface area contributed by atoms with Crippen LogP contribution < -0.4 is 4.90 Å². The van der Waals surface area contributed by atoms with E-state index in [1.807, 2.05) is 0 Å². The Kier molecular flexibility index (Phi) is 6.44. The van der Waals surface area contributed by atoms with Crippen molar-refractivity contribution in [3.05, 3.63) is 16.8 Å². The smallest absolute Gasteiger partial charge is 0.156 e. The second kappa shape index (κ2) is 8.60. The van der Waals surface area contributed by atoms with Gasteiger partial charge in [0.25, 0.3) is 0 Å². The number of unbranched alkanes of at least 4 members (excludes halogenated alkanes) is 2. The Balaban J connectivity index is 1.99. The molecule has 3 rings (SSSR count). The van der Waals surface area contributed by atoms with Crippen LogP contribution in [0.4, 0.5) is 5.82 Å². The molecule has 1 aromatic heterocycles. The number of ether oxygens (including phenoxy) is 2. The number of aromatic nitrogens is 1. The Morgan fingerprint density at radius 2 is 2.00 bits per heavy atom. The molecular weight excluding hydrogens is 346 g/mol. The Labute approximate surface area is 161 Å². The van der Waals surface area contributed by atoms with Crippen LogP contribution in [0.1, 0.15) is 56.9 Å². The predicted molar refractivity (Wildman–Crippen MR) is 105 cm³/mol. The summed E-state index contributed by atoms with van der Waals surface area (Å²) in [6.45, 7) is 10.1. The lowest BCUT2D eigenvalue weighted by atomic mass is 9.91. The van der Waals surface area contributed by atoms with Gasteiger partial charge in [0.05, 0.1) is 25.4 Å². The number of thioether (sulfide) groups is 1. The third-order valence-electron chi connectivity index (χ3n) is 4.96. The molecule has 0 N–H and O–H groups in total. The number of hydrogen-bond donors (Lipinski definition) is 0. The molecule has 0 amide bonds. The zero-order valence-corrected chi connectivity index (χ0v) is 17.0. The van der Waals surface area contributed by atoms with Crippen molar-refractivity contribution < 1.29 is 9.47 Å². The molecule has 0 aliphatic carbocycles. The molecule has 142 valence electrons. The van der Waals surface area contributed by atoms with Crippen molar-refractivity contribution in [1.29, 1.82) is 5.26 Å². The zero-order chi connectivity index (χ0) is 18.6. The van der Waals surface area contributed by atoms with Crippen LogP contribution in [-0.4, -0.2) is 42.6 Å². The highest BCUT2D eigenvalue weighted by Crippen LogP contribution is 2.40. The molecule has 1 saturated heterocycles. The van der Waals surface area contributed by atoms with E-state index in [0.717, 1.165) is 36.0 Å². The van der Waals surface area contributed by atoms with Gasteiger partial charge in [-0.2, -0.15) is 5.26 Å². The fourth-order valence-electron chi connectivity index (χ4n) is 3.52. The molecule has 0 saturated carbocycles. The number of morpholine rings is 1. The van der Waals surface area contributed by atoms with Gasteiger partial charge in [-0.3, -0.25) is 0 Å². The van der Waals surface area contributed by atoms with Crippen LogP contribution >= 0.6 is 11.8 Å². The topological polar surface area (TPSA) is 58.4 Å². The summed E-state index contributed by atoms with van der Waals surface area (Å²) in [5, 5.41) is 9.78. The van der Waals surface area contributed by atoms with Gasteiger partial charge in [0.1, 0.15) is 11.9 Å². The predicted octanol–water partition coefficient (Wildman–Crippen LogP) is 3.92. The van der Waals surface area contributed by atoms with Crippen LogP contribution in [0.15, 0.2) is 4.90 Å². The summed E-state index contributed by atoms with van der Waals surface area (Å²) in [6.07, 6.45) is 4.43. The molecular formula is C20H29N3O2S. The normalized spacial score (nSPS) is 19.1. The van der Waals surface area contributed by atoms with E-state index >= 15 is 0 Å². The molecule has 3 heterocycles. The second-order valence-electron chi connectivity index (χ2n) is 7.56. The van der Waals surface area contributed by atoms with Crippen molar-refractivity contribution in [3.8, 4) is 6.07 Å². The van der Waals surface area contributed by atoms with E-state index in [2.05, 4.69) is 31.7 Å². The van der Waals surface area contributed by atoms with Crippen LogP contribution in [0.25, 0.3) is 0 Å². The first-order valence-corrected chi connectivity index (χ1v) is 10.6. The summed E-state index contributed by atoms with van der Waals surface area (Å²) in [6, 6.07) is 2.36. The third-order valence-corrected chi connectivity index (χ3v) is 6.18. The Bertz CT molecular complexity index is 679. The molecule has 0 atom stereocenters. The quantitative estimate of drug-likeness (QED) is 0.555. The van der Waals surface area contributed by atoms with Gasteiger partial charge >= 0.3 is 0 Å². The van der Waals surface area contributed by atoms with Gasteiger partial charge in [0.2, 0.25) is 0 Å². The molecule has 2 aliphatic heterocycles. The van der Waals surface area contributed by atoms with E-state index in [0.29, 0.717) is 25.5 Å². The van der Waals surface area contributed by atoms with Crippen LogP contribution in [0.3, 0.4) is 0 Å². The van der Waals surface area contributed by atoms with Gasteiger partial charge in [-0.1, -0.05) is 19.8 Å². The Morgan fingerprint density at radius 1 is 1.23 bits per heavy atom. The Morgan fingerprint density at radius 3 is 2.69 bits per heavy atom. The first kappa shape index (κ1) is 19.5. The van der Waals surface area contributed by atoms with Crippen LogP contribution in [0, 0.1) is 11.3 Å². The lowest BCUT2D eigenvalue weighted by Gasteiger charge is -2.37. The molecule has 1 aromatic rings. The molecule has 26 heavy (non-hydrogen) atoms. The first-order chi connectivity index (χ1) is 12.6. The lowest BCUT2D eigenvalue weighted by Crippen LogP contribution is -2.39. The molecule has 1 fully saturated rings. The monoisotopic (exact) mass is 375 g/mol. The van der Waals surface area contributed by atoms with E-state index in [4.69, 9.17) is 14.5 Å². The van der Waals surface area contributed by atoms with Crippen molar-refractivity contribution in [3.63, 3.8) is 0 Å². The van der Waals surface area contributed by atoms with Gasteiger partial charge in [-0.25, -0.2) is 4.98 Å². The maximum absolute atomic E-state index is 9.78. The van der Waals surface area contributed by atoms with Crippen molar-refractivity contribution in [2.24, 2.45) is 0 Å². The van der Waals surface area contributed by atoms with E-state index in [-0.39, 0.29) is 5.60 Å². The Hall–Kier alpha value is -1.29. The number of rotatable bonds is 6. The minimum atomic E-state index is -0.206. The number of fused-ring (bicyclic) bond motifs is 1. The highest BCUT2D eigenvalue weighted by Gasteiger charge is 2.33. The number of anilines is 1. The van der Waals surface area contributed by atoms with Crippen molar-refractivity contribution >= 4 is 17.6 Å². The third kappa shape index (κ3) is 4.33. The van der Waals surface area contributed by atoms with Crippen molar-refractivity contribution in [2.45, 2.75) is 63.6 Å². The molecule has 5 nitrogen and oxygen atoms in total. The molecule has 2 aliphatic rings. The summed E-state index contributed by atoms with van der Waals surface area (Å²) in [4.78, 5) is 8.11. The van der Waals surface area contributed by atoms with E-state index in [1.54, 1.807) is 11.8 Å². The van der Waals surface area contributed by atoms with Crippen LogP contribution in [0.2, 0.25) is 0 Å². The fraction of sp³-hybridized carbons (Fsp3) is 0.700. The molecule has 0 unspecified atom stereocenters. The van der Waals surface area contributed by atoms with Gasteiger partial charge < -0.3 is 14.4 Å². The van der Waals surface area contributed by atoms with Crippen molar-refractivity contribution in [2.75, 3.05) is 37.0 Å². The first-order valence-electron chi connectivity index (χ1n) is 9.61. The summed E-state index contributed by atoms with van der Waals surface area (Å²) >= 11 is 1.80. The van der Waals surface area contributed by atoms with E-state index in [1.165, 1.54) is 30.4 Å². The number of nitriles is 1. The van der Waals surface area contributed by atoms with E-state index in [9.17, 15) is 5.26 Å². The highest BCUT2D eigenvalue weighted by atomic mass is 32.2. The van der Waals surface area contributed by atoms with Crippen LogP contribution in [-0.2, 0) is 22.5 Å². The molecule has 0 spiro atoms. The highest BCUT2D eigenvalue weighted by molar-refractivity contribution is 7.99. The van der Waals surface area contributed by atoms with Gasteiger partial charge in [0, 0.05) is 30.0 Å². The standard InChI is InChI=1S/C20H29N3O2S/c1-4-5-6-11-26-18-15-12-20(2,3)25-14-16(15)19(22-17(18)13-21)23-7-9-24-10-8-23/h4-12,14H2,1-3H3. The summed E-state index contributed by atoms with van der Waals surface area (Å²) < 4.78 is 11.6. The fourth-order valence-corrected chi connectivity index (χ4v) is 4.67. The summed E-state index contributed by atoms with van der Waals surface area (Å²) in [5.74, 6) is 1.96. The summed E-state index contributed by atoms with van der Waals surface area (Å²) in [7, 11) is 0. The minimum Gasteiger partial charge on any atom is -0.378 e. The molecule has 6 heteroatoms. The molecule has 0 radical (unpaired) electrons. The SMILES string of the molecule is CCCCCSc1c(C#N)nc(N2CCOCC2)c2c1CC(C)(C)OC2. The van der Waals surface area contributed by atoms with Gasteiger partial charge in [-0.05, 0) is 31.6 Å². The lowest BCUT2D eigenvalue weighted by molar-refractivity contribution is -0.0408. The summed E-state index contributed by atoms with van der Waals surface area (Å²) in [5.41, 5.74) is 2.81. The molecule has 0 aromatic carbocycles. The molecule has 0 bridgehead atoms. The zero-order valence-electron chi connectivity index (χ0n) is 16.1. The van der Waals surface area contributed by atoms with Crippen LogP contribution in [0.5, 0.6) is 0 Å². The number of pyridine rings is 1. The number of nitrogens with zero attached hydrogens (tertiary/aromatic N) is 3. The maximum Gasteiger partial charge on any atom is 0.156 e. The van der Waals surface area contributed by atoms with Gasteiger partial charge in [0.15, 0.2) is 5.69 Å². The average molecular weight is 376 g/mol. The average Bonchev–Trinajstić information content (AvgIpc) is 2.65. The minimum absolute atomic E-state index is 0.206. The number of hydrogen-bond acceptors (Lipinski definition) is 6. The van der Waals surface area contributed by atoms with E-state index < -0.39 is 0 Å². The van der Waals surface area contributed by atoms with Gasteiger partial charge in [-0.15, -0.1) is 11.8 Å². The maximum atomic E-state index is 9.78. The van der Waals surface area contributed by atoms with Crippen molar-refractivity contribution in [1.82, 2.24) is 4.98 Å². The second-order valence-corrected chi connectivity index (χ2v) is 8.67.